The third kappa shape index (κ3) is 3.05. The average Bonchev–Trinajstić information content (AvgIpc) is 2.20. The van der Waals surface area contributed by atoms with Crippen LogP contribution < -0.4 is 5.32 Å². The topological polar surface area (TPSA) is 32.3 Å². The lowest BCUT2D eigenvalue weighted by Gasteiger charge is -2.42. The molecule has 16 heavy (non-hydrogen) atoms. The zero-order valence-corrected chi connectivity index (χ0v) is 11.3. The molecule has 0 aromatic heterocycles. The maximum absolute atomic E-state index is 12.4. The number of nitrogens with zero attached hydrogens (tertiary/aromatic N) is 1. The molecule has 94 valence electrons. The standard InChI is InChI=1S/C13H26N2O/c1-10(2)12(16)13(14-11(3)4)6-8-15(5)9-7-13/h10-11,14H,6-9H2,1-5H3. The lowest BCUT2D eigenvalue weighted by molar-refractivity contribution is -0.130. The SMILES string of the molecule is CC(C)NC1(C(=O)C(C)C)CCN(C)CC1. The van der Waals surface area contributed by atoms with E-state index in [2.05, 4.69) is 31.1 Å². The van der Waals surface area contributed by atoms with Crippen LogP contribution in [0.5, 0.6) is 0 Å². The molecule has 3 nitrogen and oxygen atoms in total. The van der Waals surface area contributed by atoms with Crippen LogP contribution in [0.2, 0.25) is 0 Å². The highest BCUT2D eigenvalue weighted by molar-refractivity contribution is 5.90. The minimum atomic E-state index is -0.269. The molecule has 1 saturated heterocycles. The monoisotopic (exact) mass is 226 g/mol. The third-order valence-electron chi connectivity index (χ3n) is 3.40. The van der Waals surface area contributed by atoms with E-state index in [-0.39, 0.29) is 11.5 Å². The van der Waals surface area contributed by atoms with Crippen molar-refractivity contribution in [1.82, 2.24) is 10.2 Å². The number of likely N-dealkylation sites (tertiary alicyclic amines) is 1. The molecule has 3 heteroatoms. The van der Waals surface area contributed by atoms with Gasteiger partial charge in [-0.15, -0.1) is 0 Å². The summed E-state index contributed by atoms with van der Waals surface area (Å²) in [7, 11) is 2.12. The Labute approximate surface area is 99.6 Å². The fourth-order valence-corrected chi connectivity index (χ4v) is 2.57. The van der Waals surface area contributed by atoms with Crippen molar-refractivity contribution in [3.05, 3.63) is 0 Å². The van der Waals surface area contributed by atoms with E-state index in [1.165, 1.54) is 0 Å². The number of piperidine rings is 1. The number of hydrogen-bond acceptors (Lipinski definition) is 3. The highest BCUT2D eigenvalue weighted by atomic mass is 16.1. The van der Waals surface area contributed by atoms with E-state index >= 15 is 0 Å². The van der Waals surface area contributed by atoms with Crippen molar-refractivity contribution < 1.29 is 4.79 Å². The molecular weight excluding hydrogens is 200 g/mol. The van der Waals surface area contributed by atoms with Crippen molar-refractivity contribution in [1.29, 1.82) is 0 Å². The molecule has 0 bridgehead atoms. The van der Waals surface area contributed by atoms with Crippen molar-refractivity contribution in [3.8, 4) is 0 Å². The van der Waals surface area contributed by atoms with Crippen molar-refractivity contribution in [2.24, 2.45) is 5.92 Å². The summed E-state index contributed by atoms with van der Waals surface area (Å²) in [5.74, 6) is 0.504. The van der Waals surface area contributed by atoms with E-state index in [0.29, 0.717) is 11.8 Å². The number of ketones is 1. The van der Waals surface area contributed by atoms with Gasteiger partial charge < -0.3 is 10.2 Å². The third-order valence-corrected chi connectivity index (χ3v) is 3.40. The predicted octanol–water partition coefficient (Wildman–Crippen LogP) is 1.67. The molecule has 0 radical (unpaired) electrons. The Morgan fingerprint density at radius 3 is 2.06 bits per heavy atom. The molecular formula is C13H26N2O. The van der Waals surface area contributed by atoms with Gasteiger partial charge in [-0.1, -0.05) is 13.8 Å². The number of rotatable bonds is 4. The van der Waals surface area contributed by atoms with Gasteiger partial charge in [0.05, 0.1) is 5.54 Å². The lowest BCUT2D eigenvalue weighted by Crippen LogP contribution is -2.60. The summed E-state index contributed by atoms with van der Waals surface area (Å²) in [5, 5.41) is 3.52. The molecule has 1 aliphatic heterocycles. The Morgan fingerprint density at radius 1 is 1.19 bits per heavy atom. The maximum atomic E-state index is 12.4. The van der Waals surface area contributed by atoms with Crippen LogP contribution in [0, 0.1) is 5.92 Å². The summed E-state index contributed by atoms with van der Waals surface area (Å²) in [4.78, 5) is 14.7. The second-order valence-electron chi connectivity index (χ2n) is 5.70. The van der Waals surface area contributed by atoms with Gasteiger partial charge >= 0.3 is 0 Å². The number of Topliss-reactive ketones (excluding diaryl/α,β-unsaturated/α-hetero) is 1. The minimum Gasteiger partial charge on any atom is -0.306 e. The van der Waals surface area contributed by atoms with Crippen LogP contribution in [0.15, 0.2) is 0 Å². The number of nitrogens with one attached hydrogen (secondary N) is 1. The average molecular weight is 226 g/mol. The zero-order valence-electron chi connectivity index (χ0n) is 11.3. The van der Waals surface area contributed by atoms with Crippen LogP contribution in [-0.4, -0.2) is 42.4 Å². The molecule has 1 N–H and O–H groups in total. The van der Waals surface area contributed by atoms with Gasteiger partial charge in [0, 0.05) is 25.0 Å². The summed E-state index contributed by atoms with van der Waals surface area (Å²) in [6.07, 6.45) is 1.89. The molecule has 1 fully saturated rings. The lowest BCUT2D eigenvalue weighted by atomic mass is 9.79. The second-order valence-corrected chi connectivity index (χ2v) is 5.70. The zero-order chi connectivity index (χ0) is 12.3. The first kappa shape index (κ1) is 13.7. The van der Waals surface area contributed by atoms with Gasteiger partial charge in [0.1, 0.15) is 0 Å². The van der Waals surface area contributed by atoms with Gasteiger partial charge in [-0.05, 0) is 33.7 Å². The normalized spacial score (nSPS) is 21.7. The molecule has 1 rings (SSSR count). The Balaban J connectivity index is 2.81. The molecule has 0 amide bonds. The van der Waals surface area contributed by atoms with Gasteiger partial charge in [-0.2, -0.15) is 0 Å². The van der Waals surface area contributed by atoms with Gasteiger partial charge in [-0.25, -0.2) is 0 Å². The number of carbonyl (C=O) groups is 1. The Hall–Kier alpha value is -0.410. The fourth-order valence-electron chi connectivity index (χ4n) is 2.57. The Kier molecular flexibility index (Phi) is 4.51. The van der Waals surface area contributed by atoms with Crippen LogP contribution in [0.25, 0.3) is 0 Å². The van der Waals surface area contributed by atoms with E-state index in [4.69, 9.17) is 0 Å². The minimum absolute atomic E-state index is 0.120. The first-order valence-electron chi connectivity index (χ1n) is 6.38. The number of hydrogen-bond donors (Lipinski definition) is 1. The Morgan fingerprint density at radius 2 is 1.69 bits per heavy atom. The van der Waals surface area contributed by atoms with E-state index in [0.717, 1.165) is 25.9 Å². The highest BCUT2D eigenvalue weighted by Gasteiger charge is 2.41. The first-order valence-corrected chi connectivity index (χ1v) is 6.38. The van der Waals surface area contributed by atoms with Crippen molar-refractivity contribution >= 4 is 5.78 Å². The van der Waals surface area contributed by atoms with Gasteiger partial charge in [0.15, 0.2) is 5.78 Å². The fraction of sp³-hybridized carbons (Fsp3) is 0.923. The quantitative estimate of drug-likeness (QED) is 0.791. The summed E-state index contributed by atoms with van der Waals surface area (Å²) in [6.45, 7) is 10.3. The summed E-state index contributed by atoms with van der Waals surface area (Å²) in [5.41, 5.74) is -0.269. The predicted molar refractivity (Wildman–Crippen MR) is 67.6 cm³/mol. The van der Waals surface area contributed by atoms with Crippen LogP contribution in [-0.2, 0) is 4.79 Å². The summed E-state index contributed by atoms with van der Waals surface area (Å²) >= 11 is 0. The molecule has 0 aromatic rings. The molecule has 1 aliphatic rings. The molecule has 1 heterocycles. The second kappa shape index (κ2) is 5.28. The maximum Gasteiger partial charge on any atom is 0.155 e. The van der Waals surface area contributed by atoms with Crippen molar-refractivity contribution in [2.75, 3.05) is 20.1 Å². The summed E-state index contributed by atoms with van der Waals surface area (Å²) in [6, 6.07) is 0.367. The molecule has 0 saturated carbocycles. The first-order chi connectivity index (χ1) is 7.37. The summed E-state index contributed by atoms with van der Waals surface area (Å²) < 4.78 is 0. The van der Waals surface area contributed by atoms with E-state index in [1.54, 1.807) is 0 Å². The largest absolute Gasteiger partial charge is 0.306 e. The van der Waals surface area contributed by atoms with Gasteiger partial charge in [0.25, 0.3) is 0 Å². The molecule has 0 aromatic carbocycles. The smallest absolute Gasteiger partial charge is 0.155 e. The van der Waals surface area contributed by atoms with E-state index in [9.17, 15) is 4.79 Å². The highest BCUT2D eigenvalue weighted by Crippen LogP contribution is 2.26. The van der Waals surface area contributed by atoms with Crippen molar-refractivity contribution in [3.63, 3.8) is 0 Å². The molecule has 0 atom stereocenters. The van der Waals surface area contributed by atoms with E-state index in [1.807, 2.05) is 13.8 Å². The van der Waals surface area contributed by atoms with Crippen LogP contribution in [0.4, 0.5) is 0 Å². The molecule has 0 spiro atoms. The molecule has 0 unspecified atom stereocenters. The van der Waals surface area contributed by atoms with Crippen LogP contribution in [0.3, 0.4) is 0 Å². The van der Waals surface area contributed by atoms with Gasteiger partial charge in [-0.3, -0.25) is 4.79 Å². The van der Waals surface area contributed by atoms with E-state index < -0.39 is 0 Å². The Bertz CT molecular complexity index is 240. The van der Waals surface area contributed by atoms with Crippen molar-refractivity contribution in [2.45, 2.75) is 52.1 Å². The molecule has 0 aliphatic carbocycles. The number of carbonyl (C=O) groups excluding carboxylic acids is 1. The van der Waals surface area contributed by atoms with Crippen LogP contribution >= 0.6 is 0 Å². The van der Waals surface area contributed by atoms with Gasteiger partial charge in [0.2, 0.25) is 0 Å². The van der Waals surface area contributed by atoms with Crippen LogP contribution in [0.1, 0.15) is 40.5 Å².